The van der Waals surface area contributed by atoms with Gasteiger partial charge in [0.25, 0.3) is 0 Å². The van der Waals surface area contributed by atoms with E-state index in [1.54, 1.807) is 0 Å². The van der Waals surface area contributed by atoms with Crippen molar-refractivity contribution in [1.82, 2.24) is 0 Å². The first-order valence-corrected chi connectivity index (χ1v) is 4.81. The van der Waals surface area contributed by atoms with Crippen molar-refractivity contribution in [3.8, 4) is 0 Å². The molecule has 0 amide bonds. The normalized spacial score (nSPS) is 13.6. The summed E-state index contributed by atoms with van der Waals surface area (Å²) < 4.78 is 21.8. The molecule has 0 rings (SSSR count). The van der Waals surface area contributed by atoms with Gasteiger partial charge in [0.2, 0.25) is 0 Å². The van der Waals surface area contributed by atoms with Crippen LogP contribution in [-0.4, -0.2) is 16.5 Å². The molecule has 0 radical (unpaired) electrons. The van der Waals surface area contributed by atoms with Crippen LogP contribution in [0.1, 0.15) is 0 Å². The van der Waals surface area contributed by atoms with Crippen molar-refractivity contribution in [2.45, 2.75) is 0 Å². The summed E-state index contributed by atoms with van der Waals surface area (Å²) in [4.78, 5) is 18.6. The summed E-state index contributed by atoms with van der Waals surface area (Å²) in [5.74, 6) is 0. The van der Waals surface area contributed by atoms with Crippen molar-refractivity contribution in [1.29, 1.82) is 0 Å². The van der Waals surface area contributed by atoms with Crippen molar-refractivity contribution in [2.24, 2.45) is 0 Å². The van der Waals surface area contributed by atoms with Crippen molar-refractivity contribution in [3.05, 3.63) is 0 Å². The van der Waals surface area contributed by atoms with Crippen LogP contribution < -0.4 is 9.79 Å². The van der Waals surface area contributed by atoms with E-state index in [1.165, 1.54) is 6.38 Å². The third-order valence-electron chi connectivity index (χ3n) is 0.167. The van der Waals surface area contributed by atoms with Crippen LogP contribution in [0.2, 0.25) is 0 Å². The standard InChI is InChI=1S/CH3Cl.Be.H4O5P2/c1-2;;1-6(2)5-7(3)4/h1H3;;6-7H,(H,1,2)(H,3,4)/q;+2;/p-2. The summed E-state index contributed by atoms with van der Waals surface area (Å²) >= 11 is 4.64. The maximum Gasteiger partial charge on any atom is 2.00 e. The third-order valence-corrected chi connectivity index (χ3v) is 1.50. The molecule has 58 valence electrons. The van der Waals surface area contributed by atoms with Gasteiger partial charge in [-0.3, -0.25) is 4.31 Å². The number of rotatable bonds is 2. The zero-order chi connectivity index (χ0) is 7.86. The Morgan fingerprint density at radius 2 is 1.40 bits per heavy atom. The second-order valence-corrected chi connectivity index (χ2v) is 2.42. The van der Waals surface area contributed by atoms with Gasteiger partial charge in [-0.2, -0.15) is 0 Å². The molecular weight excluding hydrogens is 198 g/mol. The van der Waals surface area contributed by atoms with E-state index < -0.39 is 16.5 Å². The smallest absolute Gasteiger partial charge is 0.781 e. The van der Waals surface area contributed by atoms with Crippen LogP contribution in [0.4, 0.5) is 0 Å². The Bertz CT molecular complexity index is 95.8. The first kappa shape index (κ1) is 17.0. The molecule has 0 saturated carbocycles. The molecule has 9 heteroatoms. The molecular formula is CH5BeClO5P2. The monoisotopic (exact) mass is 203 g/mol. The molecule has 5 nitrogen and oxygen atoms in total. The first-order chi connectivity index (χ1) is 4.13. The molecule has 2 unspecified atom stereocenters. The van der Waals surface area contributed by atoms with Gasteiger partial charge in [0, 0.05) is 6.38 Å². The minimum Gasteiger partial charge on any atom is -0.781 e. The fourth-order valence-electron chi connectivity index (χ4n) is 0.0680. The average Bonchev–Trinajstić information content (AvgIpc) is 1.68. The van der Waals surface area contributed by atoms with Gasteiger partial charge in [0.1, 0.15) is 16.5 Å². The molecule has 0 aliphatic heterocycles. The minimum absolute atomic E-state index is 0. The fraction of sp³-hybridized carbons (Fsp3) is 1.00. The van der Waals surface area contributed by atoms with Gasteiger partial charge in [-0.1, -0.05) is 0 Å². The van der Waals surface area contributed by atoms with E-state index in [0.29, 0.717) is 0 Å². The third kappa shape index (κ3) is 23.2. The van der Waals surface area contributed by atoms with E-state index >= 15 is 0 Å². The molecule has 0 aliphatic carbocycles. The zero-order valence-corrected chi connectivity index (χ0v) is 7.88. The van der Waals surface area contributed by atoms with Crippen molar-refractivity contribution < 1.29 is 23.2 Å². The van der Waals surface area contributed by atoms with Crippen LogP contribution in [0, 0.1) is 0 Å². The Kier molecular flexibility index (Phi) is 21.3. The Labute approximate surface area is 68.5 Å². The van der Waals surface area contributed by atoms with Gasteiger partial charge >= 0.3 is 10.1 Å². The van der Waals surface area contributed by atoms with Gasteiger partial charge in [-0.15, -0.1) is 11.6 Å². The van der Waals surface area contributed by atoms with Crippen molar-refractivity contribution in [3.63, 3.8) is 0 Å². The van der Waals surface area contributed by atoms with Crippen LogP contribution >= 0.6 is 28.1 Å². The van der Waals surface area contributed by atoms with E-state index in [1.807, 2.05) is 0 Å². The number of hydrogen-bond donors (Lipinski definition) is 0. The first-order valence-electron chi connectivity index (χ1n) is 1.60. The quantitative estimate of drug-likeness (QED) is 0.325. The van der Waals surface area contributed by atoms with Gasteiger partial charge in [-0.25, -0.2) is 0 Å². The van der Waals surface area contributed by atoms with Crippen molar-refractivity contribution >= 4 is 38.2 Å². The fourth-order valence-corrected chi connectivity index (χ4v) is 0.612. The SMILES string of the molecule is CCl.O=[PH]([O-])O[PH](=O)[O-].[Be+2]. The second kappa shape index (κ2) is 12.5. The van der Waals surface area contributed by atoms with E-state index in [9.17, 15) is 18.9 Å². The second-order valence-electron chi connectivity index (χ2n) is 0.602. The molecule has 0 bridgehead atoms. The maximum atomic E-state index is 9.29. The summed E-state index contributed by atoms with van der Waals surface area (Å²) in [5, 5.41) is 0. The molecule has 0 heterocycles. The predicted octanol–water partition coefficient (Wildman–Crippen LogP) is -1.02. The Morgan fingerprint density at radius 1 is 1.20 bits per heavy atom. The van der Waals surface area contributed by atoms with Crippen molar-refractivity contribution in [2.75, 3.05) is 6.38 Å². The van der Waals surface area contributed by atoms with Gasteiger partial charge < -0.3 is 18.9 Å². The predicted molar refractivity (Wildman–Crippen MR) is 36.6 cm³/mol. The van der Waals surface area contributed by atoms with Crippen LogP contribution in [-0.2, 0) is 13.4 Å². The summed E-state index contributed by atoms with van der Waals surface area (Å²) in [6.07, 6.45) is 1.47. The molecule has 0 spiro atoms. The molecule has 0 aromatic carbocycles. The van der Waals surface area contributed by atoms with E-state index in [4.69, 9.17) is 0 Å². The molecule has 0 fully saturated rings. The minimum atomic E-state index is -3.51. The van der Waals surface area contributed by atoms with Gasteiger partial charge in [-0.05, 0) is 0 Å². The molecule has 0 N–H and O–H groups in total. The molecule has 0 aromatic rings. The van der Waals surface area contributed by atoms with E-state index in [-0.39, 0.29) is 10.1 Å². The van der Waals surface area contributed by atoms with E-state index in [2.05, 4.69) is 15.9 Å². The number of alkyl halides is 1. The average molecular weight is 203 g/mol. The summed E-state index contributed by atoms with van der Waals surface area (Å²) in [5.41, 5.74) is 0. The van der Waals surface area contributed by atoms with Gasteiger partial charge in [0.15, 0.2) is 0 Å². The van der Waals surface area contributed by atoms with Crippen LogP contribution in [0.25, 0.3) is 0 Å². The van der Waals surface area contributed by atoms with E-state index in [0.717, 1.165) is 0 Å². The Morgan fingerprint density at radius 3 is 1.40 bits per heavy atom. The topological polar surface area (TPSA) is 89.5 Å². The number of halogens is 1. The zero-order valence-electron chi connectivity index (χ0n) is 5.13. The van der Waals surface area contributed by atoms with Crippen LogP contribution in [0.15, 0.2) is 0 Å². The van der Waals surface area contributed by atoms with Gasteiger partial charge in [0.05, 0.1) is 0 Å². The molecule has 10 heavy (non-hydrogen) atoms. The summed E-state index contributed by atoms with van der Waals surface area (Å²) in [6, 6.07) is 0. The molecule has 0 aromatic heterocycles. The molecule has 2 atom stereocenters. The van der Waals surface area contributed by atoms with Crippen LogP contribution in [0.5, 0.6) is 0 Å². The number of hydrogen-bond acceptors (Lipinski definition) is 5. The maximum absolute atomic E-state index is 9.29. The Hall–Kier alpha value is 0.799. The molecule has 0 aliphatic rings. The molecule has 0 saturated heterocycles. The summed E-state index contributed by atoms with van der Waals surface area (Å²) in [7, 11) is -7.03. The summed E-state index contributed by atoms with van der Waals surface area (Å²) in [6.45, 7) is 0. The Balaban J connectivity index is -0.000000149. The van der Waals surface area contributed by atoms with Crippen LogP contribution in [0.3, 0.4) is 0 Å². The largest absolute Gasteiger partial charge is 2.00 e.